The van der Waals surface area contributed by atoms with Crippen LogP contribution in [0, 0.1) is 12.3 Å². The van der Waals surface area contributed by atoms with E-state index in [0.717, 1.165) is 15.4 Å². The number of aromatic nitrogens is 1. The number of terminal acetylenes is 1. The molecule has 1 nitrogen and oxygen atoms in total. The second-order valence-corrected chi connectivity index (χ2v) is 4.59. The third kappa shape index (κ3) is 1.55. The SMILES string of the molecule is C#Cc1ccc2nc(SC)sc2c1. The number of hydrogen-bond acceptors (Lipinski definition) is 3. The Labute approximate surface area is 85.2 Å². The van der Waals surface area contributed by atoms with Gasteiger partial charge in [-0.1, -0.05) is 17.7 Å². The Morgan fingerprint density at radius 2 is 2.38 bits per heavy atom. The van der Waals surface area contributed by atoms with Crippen LogP contribution in [0.25, 0.3) is 10.2 Å². The first-order valence-corrected chi connectivity index (χ1v) is 5.79. The van der Waals surface area contributed by atoms with Crippen LogP contribution in [0.4, 0.5) is 0 Å². The molecule has 1 aromatic heterocycles. The molecule has 0 saturated carbocycles. The molecular formula is C10H7NS2. The molecule has 0 radical (unpaired) electrons. The van der Waals surface area contributed by atoms with Crippen molar-refractivity contribution in [2.75, 3.05) is 6.26 Å². The Hall–Kier alpha value is -0.980. The van der Waals surface area contributed by atoms with E-state index in [2.05, 4.69) is 10.9 Å². The van der Waals surface area contributed by atoms with Crippen LogP contribution in [0.2, 0.25) is 0 Å². The molecule has 0 aliphatic heterocycles. The Balaban J connectivity index is 2.65. The molecular weight excluding hydrogens is 198 g/mol. The summed E-state index contributed by atoms with van der Waals surface area (Å²) in [6.07, 6.45) is 7.34. The van der Waals surface area contributed by atoms with Crippen molar-refractivity contribution in [3.05, 3.63) is 23.8 Å². The summed E-state index contributed by atoms with van der Waals surface area (Å²) >= 11 is 3.35. The van der Waals surface area contributed by atoms with Gasteiger partial charge in [0.2, 0.25) is 0 Å². The van der Waals surface area contributed by atoms with Gasteiger partial charge >= 0.3 is 0 Å². The predicted octanol–water partition coefficient (Wildman–Crippen LogP) is 3.00. The molecule has 64 valence electrons. The normalized spacial score (nSPS) is 10.2. The van der Waals surface area contributed by atoms with Gasteiger partial charge in [0.25, 0.3) is 0 Å². The molecule has 2 rings (SSSR count). The number of rotatable bonds is 1. The maximum atomic E-state index is 5.31. The highest BCUT2D eigenvalue weighted by Gasteiger charge is 2.02. The van der Waals surface area contributed by atoms with Gasteiger partial charge in [0.15, 0.2) is 4.34 Å². The smallest absolute Gasteiger partial charge is 0.150 e. The van der Waals surface area contributed by atoms with E-state index < -0.39 is 0 Å². The summed E-state index contributed by atoms with van der Waals surface area (Å²) in [6.45, 7) is 0. The van der Waals surface area contributed by atoms with Gasteiger partial charge in [-0.2, -0.15) is 0 Å². The molecule has 3 heteroatoms. The van der Waals surface area contributed by atoms with Crippen LogP contribution >= 0.6 is 23.1 Å². The van der Waals surface area contributed by atoms with E-state index in [4.69, 9.17) is 6.42 Å². The number of thioether (sulfide) groups is 1. The third-order valence-electron chi connectivity index (χ3n) is 1.71. The van der Waals surface area contributed by atoms with Crippen molar-refractivity contribution < 1.29 is 0 Å². The lowest BCUT2D eigenvalue weighted by Gasteiger charge is -1.88. The predicted molar refractivity (Wildman–Crippen MR) is 59.3 cm³/mol. The van der Waals surface area contributed by atoms with Gasteiger partial charge in [0.1, 0.15) is 0 Å². The van der Waals surface area contributed by atoms with Crippen LogP contribution in [-0.4, -0.2) is 11.2 Å². The van der Waals surface area contributed by atoms with Crippen LogP contribution in [0.3, 0.4) is 0 Å². The first-order valence-electron chi connectivity index (χ1n) is 3.74. The summed E-state index contributed by atoms with van der Waals surface area (Å²) in [6, 6.07) is 5.90. The van der Waals surface area contributed by atoms with Crippen LogP contribution in [0.15, 0.2) is 22.5 Å². The van der Waals surface area contributed by atoms with Gasteiger partial charge in [-0.05, 0) is 24.5 Å². The fraction of sp³-hybridized carbons (Fsp3) is 0.100. The molecule has 0 aliphatic carbocycles. The van der Waals surface area contributed by atoms with E-state index in [1.165, 1.54) is 4.70 Å². The second kappa shape index (κ2) is 3.41. The van der Waals surface area contributed by atoms with E-state index in [9.17, 15) is 0 Å². The average Bonchev–Trinajstić information content (AvgIpc) is 2.58. The van der Waals surface area contributed by atoms with Gasteiger partial charge in [-0.3, -0.25) is 0 Å². The zero-order chi connectivity index (χ0) is 9.26. The Kier molecular flexibility index (Phi) is 2.26. The van der Waals surface area contributed by atoms with Crippen molar-refractivity contribution in [3.63, 3.8) is 0 Å². The van der Waals surface area contributed by atoms with E-state index in [0.29, 0.717) is 0 Å². The largest absolute Gasteiger partial charge is 0.230 e. The number of hydrogen-bond donors (Lipinski definition) is 0. The van der Waals surface area contributed by atoms with Gasteiger partial charge in [-0.25, -0.2) is 4.98 Å². The van der Waals surface area contributed by atoms with E-state index in [1.807, 2.05) is 24.5 Å². The molecule has 0 atom stereocenters. The van der Waals surface area contributed by atoms with Gasteiger partial charge in [-0.15, -0.1) is 17.8 Å². The van der Waals surface area contributed by atoms with Crippen molar-refractivity contribution in [1.29, 1.82) is 0 Å². The molecule has 1 heterocycles. The topological polar surface area (TPSA) is 12.9 Å². The Morgan fingerprint density at radius 1 is 1.54 bits per heavy atom. The molecule has 0 spiro atoms. The third-order valence-corrected chi connectivity index (χ3v) is 3.71. The zero-order valence-electron chi connectivity index (χ0n) is 7.07. The maximum Gasteiger partial charge on any atom is 0.150 e. The first kappa shape index (κ1) is 8.61. The zero-order valence-corrected chi connectivity index (χ0v) is 8.71. The Bertz CT molecular complexity index is 479. The summed E-state index contributed by atoms with van der Waals surface area (Å²) in [7, 11) is 0. The van der Waals surface area contributed by atoms with Crippen molar-refractivity contribution in [1.82, 2.24) is 4.98 Å². The summed E-state index contributed by atoms with van der Waals surface area (Å²) < 4.78 is 2.25. The number of fused-ring (bicyclic) bond motifs is 1. The lowest BCUT2D eigenvalue weighted by Crippen LogP contribution is -1.72. The van der Waals surface area contributed by atoms with E-state index >= 15 is 0 Å². The lowest BCUT2D eigenvalue weighted by atomic mass is 10.2. The van der Waals surface area contributed by atoms with Gasteiger partial charge < -0.3 is 0 Å². The first-order chi connectivity index (χ1) is 6.33. The maximum absolute atomic E-state index is 5.31. The van der Waals surface area contributed by atoms with Crippen LogP contribution in [0.5, 0.6) is 0 Å². The standard InChI is InChI=1S/C10H7NS2/c1-3-7-4-5-8-9(6-7)13-10(11-8)12-2/h1,4-6H,2H3. The average molecular weight is 205 g/mol. The van der Waals surface area contributed by atoms with Crippen LogP contribution < -0.4 is 0 Å². The second-order valence-electron chi connectivity index (χ2n) is 2.51. The molecule has 1 aromatic carbocycles. The molecule has 2 aromatic rings. The van der Waals surface area contributed by atoms with Crippen molar-refractivity contribution >= 4 is 33.3 Å². The molecule has 0 amide bonds. The minimum absolute atomic E-state index is 0.920. The molecule has 0 bridgehead atoms. The molecule has 0 aliphatic rings. The van der Waals surface area contributed by atoms with E-state index in [1.54, 1.807) is 23.1 Å². The molecule has 0 saturated heterocycles. The number of nitrogens with zero attached hydrogens (tertiary/aromatic N) is 1. The minimum Gasteiger partial charge on any atom is -0.230 e. The summed E-state index contributed by atoms with van der Waals surface area (Å²) in [5.74, 6) is 2.62. The monoisotopic (exact) mass is 205 g/mol. The van der Waals surface area contributed by atoms with Crippen molar-refractivity contribution in [2.24, 2.45) is 0 Å². The highest BCUT2D eigenvalue weighted by molar-refractivity contribution is 8.00. The summed E-state index contributed by atoms with van der Waals surface area (Å²) in [5, 5.41) is 0. The quantitative estimate of drug-likeness (QED) is 0.524. The molecule has 0 N–H and O–H groups in total. The van der Waals surface area contributed by atoms with Gasteiger partial charge in [0, 0.05) is 5.56 Å². The fourth-order valence-corrected chi connectivity index (χ4v) is 2.61. The lowest BCUT2D eigenvalue weighted by molar-refractivity contribution is 1.31. The highest BCUT2D eigenvalue weighted by Crippen LogP contribution is 2.28. The van der Waals surface area contributed by atoms with Crippen LogP contribution in [0.1, 0.15) is 5.56 Å². The highest BCUT2D eigenvalue weighted by atomic mass is 32.2. The van der Waals surface area contributed by atoms with E-state index in [-0.39, 0.29) is 0 Å². The fourth-order valence-electron chi connectivity index (χ4n) is 1.08. The van der Waals surface area contributed by atoms with Gasteiger partial charge in [0.05, 0.1) is 10.2 Å². The van der Waals surface area contributed by atoms with Crippen LogP contribution in [-0.2, 0) is 0 Å². The van der Waals surface area contributed by atoms with Crippen molar-refractivity contribution in [2.45, 2.75) is 4.34 Å². The molecule has 13 heavy (non-hydrogen) atoms. The summed E-state index contributed by atoms with van der Waals surface area (Å²) in [5.41, 5.74) is 1.96. The van der Waals surface area contributed by atoms with Crippen molar-refractivity contribution in [3.8, 4) is 12.3 Å². The molecule has 0 fully saturated rings. The minimum atomic E-state index is 0.920. The number of thiazole rings is 1. The summed E-state index contributed by atoms with van der Waals surface area (Å²) in [4.78, 5) is 4.42. The Morgan fingerprint density at radius 3 is 3.08 bits per heavy atom. The number of benzene rings is 1. The molecule has 0 unspecified atom stereocenters.